The van der Waals surface area contributed by atoms with Crippen molar-refractivity contribution in [3.8, 4) is 11.3 Å². The van der Waals surface area contributed by atoms with E-state index in [1.165, 1.54) is 5.56 Å². The summed E-state index contributed by atoms with van der Waals surface area (Å²) in [7, 11) is 0. The predicted octanol–water partition coefficient (Wildman–Crippen LogP) is 2.27. The van der Waals surface area contributed by atoms with Crippen molar-refractivity contribution in [2.75, 3.05) is 26.4 Å². The molecule has 1 aliphatic heterocycles. The van der Waals surface area contributed by atoms with Crippen molar-refractivity contribution in [3.63, 3.8) is 0 Å². The van der Waals surface area contributed by atoms with E-state index in [1.54, 1.807) is 4.68 Å². The Morgan fingerprint density at radius 3 is 2.53 bits per heavy atom. The summed E-state index contributed by atoms with van der Waals surface area (Å²) in [6, 6.07) is 8.12. The Hall–Kier alpha value is -3.04. The molecule has 1 fully saturated rings. The van der Waals surface area contributed by atoms with Gasteiger partial charge in [-0.15, -0.1) is 10.2 Å². The highest BCUT2D eigenvalue weighted by molar-refractivity contribution is 5.82. The maximum absolute atomic E-state index is 11.7. The smallest absolute Gasteiger partial charge is 0.335 e. The lowest BCUT2D eigenvalue weighted by atomic mass is 10.1. The molecule has 0 atom stereocenters. The number of amides is 1. The first-order chi connectivity index (χ1) is 14.5. The highest BCUT2D eigenvalue weighted by atomic mass is 16.7. The SMILES string of the molecule is C=C1CCC(=O)N1OC(=O)CCOCCOCCn1cc(-c2ccc(C)cc2)nn1. The van der Waals surface area contributed by atoms with Crippen LogP contribution < -0.4 is 0 Å². The Bertz CT molecular complexity index is 862. The number of hydroxylamine groups is 2. The topological polar surface area (TPSA) is 95.8 Å². The van der Waals surface area contributed by atoms with Gasteiger partial charge in [-0.25, -0.2) is 9.48 Å². The van der Waals surface area contributed by atoms with Crippen LogP contribution in [0.4, 0.5) is 0 Å². The zero-order valence-corrected chi connectivity index (χ0v) is 17.1. The Morgan fingerprint density at radius 2 is 1.83 bits per heavy atom. The van der Waals surface area contributed by atoms with E-state index in [2.05, 4.69) is 16.9 Å². The number of hydrogen-bond acceptors (Lipinski definition) is 7. The van der Waals surface area contributed by atoms with Gasteiger partial charge in [0.1, 0.15) is 5.69 Å². The molecule has 2 heterocycles. The summed E-state index contributed by atoms with van der Waals surface area (Å²) in [5.74, 6) is -0.774. The number of rotatable bonds is 11. The molecule has 1 saturated heterocycles. The van der Waals surface area contributed by atoms with Gasteiger partial charge in [-0.3, -0.25) is 4.79 Å². The third-order valence-corrected chi connectivity index (χ3v) is 4.51. The van der Waals surface area contributed by atoms with Crippen molar-refractivity contribution in [3.05, 3.63) is 48.3 Å². The van der Waals surface area contributed by atoms with Gasteiger partial charge in [-0.1, -0.05) is 41.6 Å². The molecule has 2 aromatic rings. The van der Waals surface area contributed by atoms with E-state index in [0.29, 0.717) is 44.9 Å². The average Bonchev–Trinajstić information content (AvgIpc) is 3.32. The molecule has 9 heteroatoms. The molecule has 1 aliphatic rings. The number of aryl methyl sites for hydroxylation is 1. The molecule has 0 spiro atoms. The Morgan fingerprint density at radius 1 is 1.10 bits per heavy atom. The fraction of sp³-hybridized carbons (Fsp3) is 0.429. The Labute approximate surface area is 175 Å². The van der Waals surface area contributed by atoms with Gasteiger partial charge in [0.25, 0.3) is 5.91 Å². The van der Waals surface area contributed by atoms with E-state index in [1.807, 2.05) is 37.4 Å². The average molecular weight is 414 g/mol. The van der Waals surface area contributed by atoms with Crippen molar-refractivity contribution in [1.29, 1.82) is 0 Å². The molecular formula is C21H26N4O5. The van der Waals surface area contributed by atoms with Gasteiger partial charge in [0.15, 0.2) is 0 Å². The lowest BCUT2D eigenvalue weighted by molar-refractivity contribution is -0.187. The summed E-state index contributed by atoms with van der Waals surface area (Å²) in [6.45, 7) is 7.74. The highest BCUT2D eigenvalue weighted by Crippen LogP contribution is 2.21. The molecule has 0 aliphatic carbocycles. The summed E-state index contributed by atoms with van der Waals surface area (Å²) in [4.78, 5) is 28.2. The summed E-state index contributed by atoms with van der Waals surface area (Å²) in [5.41, 5.74) is 3.55. The molecule has 0 N–H and O–H groups in total. The maximum Gasteiger partial charge on any atom is 0.335 e. The third-order valence-electron chi connectivity index (χ3n) is 4.51. The molecule has 1 aromatic carbocycles. The maximum atomic E-state index is 11.7. The first kappa shape index (κ1) is 21.7. The van der Waals surface area contributed by atoms with E-state index >= 15 is 0 Å². The van der Waals surface area contributed by atoms with Crippen LogP contribution in [0.25, 0.3) is 11.3 Å². The van der Waals surface area contributed by atoms with Gasteiger partial charge >= 0.3 is 5.97 Å². The van der Waals surface area contributed by atoms with Gasteiger partial charge in [-0.2, -0.15) is 0 Å². The lowest BCUT2D eigenvalue weighted by Crippen LogP contribution is -2.27. The molecule has 1 aromatic heterocycles. The fourth-order valence-corrected chi connectivity index (χ4v) is 2.79. The zero-order chi connectivity index (χ0) is 21.3. The van der Waals surface area contributed by atoms with Crippen LogP contribution in [0.5, 0.6) is 0 Å². The molecule has 0 radical (unpaired) electrons. The van der Waals surface area contributed by atoms with Gasteiger partial charge < -0.3 is 14.3 Å². The number of hydrogen-bond donors (Lipinski definition) is 0. The number of aromatic nitrogens is 3. The van der Waals surface area contributed by atoms with Crippen LogP contribution in [0.3, 0.4) is 0 Å². The van der Waals surface area contributed by atoms with E-state index in [-0.39, 0.29) is 18.9 Å². The quantitative estimate of drug-likeness (QED) is 0.521. The second-order valence-corrected chi connectivity index (χ2v) is 6.93. The standard InChI is InChI=1S/C21H26N4O5/c1-16-3-6-18(7-4-16)19-15-24(23-22-19)10-12-29-14-13-28-11-9-21(27)30-25-17(2)5-8-20(25)26/h3-4,6-7,15H,2,5,8-14H2,1H3. The van der Waals surface area contributed by atoms with Crippen LogP contribution in [-0.4, -0.2) is 58.4 Å². The van der Waals surface area contributed by atoms with Gasteiger partial charge in [0, 0.05) is 12.0 Å². The molecule has 0 unspecified atom stereocenters. The number of nitrogens with zero attached hydrogens (tertiary/aromatic N) is 4. The second kappa shape index (κ2) is 10.7. The minimum absolute atomic E-state index is 0.0534. The summed E-state index contributed by atoms with van der Waals surface area (Å²) < 4.78 is 12.6. The van der Waals surface area contributed by atoms with Crippen molar-refractivity contribution in [2.45, 2.75) is 32.7 Å². The monoisotopic (exact) mass is 414 g/mol. The molecule has 30 heavy (non-hydrogen) atoms. The second-order valence-electron chi connectivity index (χ2n) is 6.93. The first-order valence-corrected chi connectivity index (χ1v) is 9.87. The molecule has 0 saturated carbocycles. The molecule has 160 valence electrons. The number of allylic oxidation sites excluding steroid dienone is 1. The lowest BCUT2D eigenvalue weighted by Gasteiger charge is -2.15. The third kappa shape index (κ3) is 6.23. The van der Waals surface area contributed by atoms with Crippen LogP contribution >= 0.6 is 0 Å². The molecule has 3 rings (SSSR count). The van der Waals surface area contributed by atoms with E-state index in [9.17, 15) is 9.59 Å². The van der Waals surface area contributed by atoms with Gasteiger partial charge in [0.05, 0.1) is 51.3 Å². The van der Waals surface area contributed by atoms with Crippen LogP contribution in [0, 0.1) is 6.92 Å². The molecule has 0 bridgehead atoms. The van der Waals surface area contributed by atoms with Crippen molar-refractivity contribution in [1.82, 2.24) is 20.1 Å². The normalized spacial score (nSPS) is 13.8. The molecular weight excluding hydrogens is 388 g/mol. The van der Waals surface area contributed by atoms with Crippen LogP contribution in [0.2, 0.25) is 0 Å². The van der Waals surface area contributed by atoms with Crippen molar-refractivity contribution >= 4 is 11.9 Å². The fourth-order valence-electron chi connectivity index (χ4n) is 2.79. The highest BCUT2D eigenvalue weighted by Gasteiger charge is 2.27. The van der Waals surface area contributed by atoms with E-state index in [0.717, 1.165) is 16.3 Å². The minimum Gasteiger partial charge on any atom is -0.378 e. The van der Waals surface area contributed by atoms with Crippen molar-refractivity contribution in [2.24, 2.45) is 0 Å². The van der Waals surface area contributed by atoms with Gasteiger partial charge in [-0.05, 0) is 13.3 Å². The number of carbonyl (C=O) groups excluding carboxylic acids is 2. The Kier molecular flexibility index (Phi) is 7.69. The van der Waals surface area contributed by atoms with Crippen LogP contribution in [0.1, 0.15) is 24.8 Å². The molecule has 9 nitrogen and oxygen atoms in total. The summed E-state index contributed by atoms with van der Waals surface area (Å²) in [6.07, 6.45) is 2.78. The number of ether oxygens (including phenoxy) is 2. The largest absolute Gasteiger partial charge is 0.378 e. The van der Waals surface area contributed by atoms with E-state index in [4.69, 9.17) is 14.3 Å². The minimum atomic E-state index is -0.525. The Balaban J connectivity index is 1.23. The van der Waals surface area contributed by atoms with E-state index < -0.39 is 5.97 Å². The first-order valence-electron chi connectivity index (χ1n) is 9.87. The summed E-state index contributed by atoms with van der Waals surface area (Å²) >= 11 is 0. The van der Waals surface area contributed by atoms with Gasteiger partial charge in [0.2, 0.25) is 0 Å². The molecule has 1 amide bonds. The predicted molar refractivity (Wildman–Crippen MR) is 108 cm³/mol. The van der Waals surface area contributed by atoms with Crippen LogP contribution in [-0.2, 0) is 30.4 Å². The van der Waals surface area contributed by atoms with Crippen LogP contribution in [0.15, 0.2) is 42.7 Å². The number of benzene rings is 1. The zero-order valence-electron chi connectivity index (χ0n) is 17.1. The summed E-state index contributed by atoms with van der Waals surface area (Å²) in [5, 5.41) is 9.25. The number of carbonyl (C=O) groups is 2. The van der Waals surface area contributed by atoms with Crippen molar-refractivity contribution < 1.29 is 23.9 Å².